The molecule has 1 amide bonds. The Kier molecular flexibility index (Phi) is 3.95. The van der Waals surface area contributed by atoms with Crippen molar-refractivity contribution in [1.82, 2.24) is 5.32 Å². The summed E-state index contributed by atoms with van der Waals surface area (Å²) in [6.07, 6.45) is 4.95. The molecule has 98 valence electrons. The second-order valence-corrected chi connectivity index (χ2v) is 4.40. The Morgan fingerprint density at radius 3 is 2.58 bits per heavy atom. The van der Waals surface area contributed by atoms with Crippen LogP contribution in [-0.2, 0) is 4.79 Å². The van der Waals surface area contributed by atoms with Gasteiger partial charge in [0.05, 0.1) is 5.70 Å². The third-order valence-electron chi connectivity index (χ3n) is 3.17. The number of Topliss-reactive ketones (excluding diaryl/α,β-unsaturated/α-hetero) is 1. The van der Waals surface area contributed by atoms with Crippen LogP contribution in [0.15, 0.2) is 42.1 Å². The summed E-state index contributed by atoms with van der Waals surface area (Å²) in [4.78, 5) is 23.9. The first-order chi connectivity index (χ1) is 9.19. The van der Waals surface area contributed by atoms with E-state index < -0.39 is 0 Å². The molecular formula is C16H17NO2. The Labute approximate surface area is 113 Å². The summed E-state index contributed by atoms with van der Waals surface area (Å²) >= 11 is 0. The molecule has 0 unspecified atom stereocenters. The minimum absolute atomic E-state index is 0.0862. The fourth-order valence-corrected chi connectivity index (χ4v) is 2.16. The number of nitrogens with one attached hydrogen (secondary N) is 1. The number of carbonyl (C=O) groups is 2. The Morgan fingerprint density at radius 1 is 1.26 bits per heavy atom. The number of benzene rings is 1. The van der Waals surface area contributed by atoms with E-state index in [1.807, 2.05) is 37.3 Å². The van der Waals surface area contributed by atoms with E-state index in [-0.39, 0.29) is 11.7 Å². The molecule has 3 heteroatoms. The van der Waals surface area contributed by atoms with Crippen LogP contribution in [0.25, 0.3) is 5.57 Å². The van der Waals surface area contributed by atoms with E-state index in [4.69, 9.17) is 0 Å². The molecule has 0 atom stereocenters. The van der Waals surface area contributed by atoms with Gasteiger partial charge in [-0.2, -0.15) is 0 Å². The molecule has 3 nitrogen and oxygen atoms in total. The van der Waals surface area contributed by atoms with E-state index in [0.29, 0.717) is 24.1 Å². The van der Waals surface area contributed by atoms with Crippen molar-refractivity contribution < 1.29 is 9.59 Å². The molecule has 0 saturated carbocycles. The van der Waals surface area contributed by atoms with Crippen LogP contribution in [0.3, 0.4) is 0 Å². The number of hydrogen-bond acceptors (Lipinski definition) is 2. The molecule has 0 aromatic heterocycles. The number of hydrogen-bond donors (Lipinski definition) is 1. The van der Waals surface area contributed by atoms with E-state index in [2.05, 4.69) is 5.32 Å². The van der Waals surface area contributed by atoms with E-state index >= 15 is 0 Å². The smallest absolute Gasteiger partial charge is 0.224 e. The van der Waals surface area contributed by atoms with Crippen LogP contribution in [0.1, 0.15) is 42.6 Å². The molecule has 1 aromatic carbocycles. The van der Waals surface area contributed by atoms with Gasteiger partial charge in [-0.1, -0.05) is 43.3 Å². The molecule has 1 aromatic rings. The fraction of sp³-hybridized carbons (Fsp3) is 0.250. The normalized spacial score (nSPS) is 14.1. The summed E-state index contributed by atoms with van der Waals surface area (Å²) in [5.41, 5.74) is 2.94. The zero-order chi connectivity index (χ0) is 13.8. The molecular weight excluding hydrogens is 238 g/mol. The maximum Gasteiger partial charge on any atom is 0.224 e. The summed E-state index contributed by atoms with van der Waals surface area (Å²) in [6.45, 7) is 3.71. The van der Waals surface area contributed by atoms with E-state index in [1.165, 1.54) is 0 Å². The van der Waals surface area contributed by atoms with Crippen LogP contribution in [-0.4, -0.2) is 11.7 Å². The van der Waals surface area contributed by atoms with Crippen LogP contribution >= 0.6 is 0 Å². The monoisotopic (exact) mass is 255 g/mol. The van der Waals surface area contributed by atoms with Crippen molar-refractivity contribution in [2.45, 2.75) is 26.7 Å². The first-order valence-electron chi connectivity index (χ1n) is 6.47. The van der Waals surface area contributed by atoms with Gasteiger partial charge in [-0.15, -0.1) is 0 Å². The molecule has 0 spiro atoms. The lowest BCUT2D eigenvalue weighted by Crippen LogP contribution is -2.25. The molecule has 0 heterocycles. The number of fused-ring (bicyclic) bond motifs is 1. The van der Waals surface area contributed by atoms with Crippen LogP contribution in [0.2, 0.25) is 0 Å². The average Bonchev–Trinajstić information content (AvgIpc) is 2.70. The van der Waals surface area contributed by atoms with Crippen molar-refractivity contribution in [3.8, 4) is 0 Å². The largest absolute Gasteiger partial charge is 0.323 e. The quantitative estimate of drug-likeness (QED) is 0.840. The van der Waals surface area contributed by atoms with Gasteiger partial charge in [0.2, 0.25) is 11.7 Å². The highest BCUT2D eigenvalue weighted by Crippen LogP contribution is 2.33. The fourth-order valence-electron chi connectivity index (χ4n) is 2.16. The molecule has 2 rings (SSSR count). The average molecular weight is 255 g/mol. The van der Waals surface area contributed by atoms with Crippen molar-refractivity contribution in [3.05, 3.63) is 53.2 Å². The van der Waals surface area contributed by atoms with Crippen LogP contribution < -0.4 is 5.32 Å². The molecule has 1 aliphatic carbocycles. The summed E-state index contributed by atoms with van der Waals surface area (Å²) in [5.74, 6) is -0.217. The molecule has 0 aliphatic heterocycles. The number of allylic oxidation sites excluding steroid dienone is 4. The van der Waals surface area contributed by atoms with Gasteiger partial charge in [-0.25, -0.2) is 0 Å². The third kappa shape index (κ3) is 2.50. The van der Waals surface area contributed by atoms with Crippen molar-refractivity contribution in [2.75, 3.05) is 0 Å². The van der Waals surface area contributed by atoms with E-state index in [9.17, 15) is 9.59 Å². The summed E-state index contributed by atoms with van der Waals surface area (Å²) in [6, 6.07) is 7.48. The highest BCUT2D eigenvalue weighted by Gasteiger charge is 2.29. The topological polar surface area (TPSA) is 46.2 Å². The lowest BCUT2D eigenvalue weighted by Gasteiger charge is -2.06. The van der Waals surface area contributed by atoms with Gasteiger partial charge in [0, 0.05) is 12.0 Å². The Hall–Kier alpha value is -2.16. The second-order valence-electron chi connectivity index (χ2n) is 4.40. The highest BCUT2D eigenvalue weighted by molar-refractivity contribution is 6.21. The molecule has 19 heavy (non-hydrogen) atoms. The molecule has 0 bridgehead atoms. The van der Waals surface area contributed by atoms with Crippen molar-refractivity contribution in [1.29, 1.82) is 0 Å². The Bertz CT molecular complexity index is 582. The van der Waals surface area contributed by atoms with E-state index in [0.717, 1.165) is 11.1 Å². The Morgan fingerprint density at radius 2 is 1.95 bits per heavy atom. The number of carbonyl (C=O) groups excluding carboxylic acids is 2. The molecule has 0 fully saturated rings. The van der Waals surface area contributed by atoms with Crippen molar-refractivity contribution in [2.24, 2.45) is 0 Å². The zero-order valence-electron chi connectivity index (χ0n) is 11.2. The minimum atomic E-state index is -0.130. The predicted molar refractivity (Wildman–Crippen MR) is 75.6 cm³/mol. The van der Waals surface area contributed by atoms with Crippen LogP contribution in [0, 0.1) is 0 Å². The maximum atomic E-state index is 12.3. The summed E-state index contributed by atoms with van der Waals surface area (Å²) < 4.78 is 0. The first kappa shape index (κ1) is 13.3. The SMILES string of the molecule is CC=CCC1=C(NC(=O)CC)C(=O)c2ccccc21. The van der Waals surface area contributed by atoms with Gasteiger partial charge < -0.3 is 5.32 Å². The predicted octanol–water partition coefficient (Wildman–Crippen LogP) is 3.09. The Balaban J connectivity index is 2.45. The third-order valence-corrected chi connectivity index (χ3v) is 3.17. The molecule has 0 radical (unpaired) electrons. The highest BCUT2D eigenvalue weighted by atomic mass is 16.2. The second kappa shape index (κ2) is 5.65. The zero-order valence-corrected chi connectivity index (χ0v) is 11.2. The first-order valence-corrected chi connectivity index (χ1v) is 6.47. The summed E-state index contributed by atoms with van der Waals surface area (Å²) in [5, 5.41) is 2.74. The minimum Gasteiger partial charge on any atom is -0.323 e. The molecule has 1 aliphatic rings. The number of amides is 1. The molecule has 1 N–H and O–H groups in total. The van der Waals surface area contributed by atoms with Gasteiger partial charge in [0.15, 0.2) is 0 Å². The lowest BCUT2D eigenvalue weighted by molar-refractivity contribution is -0.120. The van der Waals surface area contributed by atoms with Gasteiger partial charge in [-0.3, -0.25) is 9.59 Å². The van der Waals surface area contributed by atoms with Crippen molar-refractivity contribution >= 4 is 17.3 Å². The molecule has 0 saturated heterocycles. The summed E-state index contributed by atoms with van der Waals surface area (Å²) in [7, 11) is 0. The van der Waals surface area contributed by atoms with Gasteiger partial charge in [0.25, 0.3) is 0 Å². The number of rotatable bonds is 4. The maximum absolute atomic E-state index is 12.3. The van der Waals surface area contributed by atoms with Crippen molar-refractivity contribution in [3.63, 3.8) is 0 Å². The number of ketones is 1. The standard InChI is InChI=1S/C16H17NO2/c1-3-5-8-12-11-9-6-7-10-13(11)16(19)15(12)17-14(18)4-2/h3,5-7,9-10H,4,8H2,1-2H3,(H,17,18,19). The van der Waals surface area contributed by atoms with Crippen LogP contribution in [0.5, 0.6) is 0 Å². The van der Waals surface area contributed by atoms with Crippen LogP contribution in [0.4, 0.5) is 0 Å². The van der Waals surface area contributed by atoms with Gasteiger partial charge in [-0.05, 0) is 24.5 Å². The van der Waals surface area contributed by atoms with Gasteiger partial charge in [0.1, 0.15) is 0 Å². The lowest BCUT2D eigenvalue weighted by atomic mass is 10.0. The van der Waals surface area contributed by atoms with E-state index in [1.54, 1.807) is 13.0 Å². The van der Waals surface area contributed by atoms with Gasteiger partial charge >= 0.3 is 0 Å².